The van der Waals surface area contributed by atoms with Crippen LogP contribution in [-0.2, 0) is 9.53 Å². The lowest BCUT2D eigenvalue weighted by atomic mass is 10.1. The summed E-state index contributed by atoms with van der Waals surface area (Å²) in [7, 11) is 0. The second kappa shape index (κ2) is 9.96. The molecule has 7 nitrogen and oxygen atoms in total. The Hall–Kier alpha value is -3.19. The van der Waals surface area contributed by atoms with Gasteiger partial charge in [0, 0.05) is 18.5 Å². The Balaban J connectivity index is 1.29. The van der Waals surface area contributed by atoms with Gasteiger partial charge in [0.15, 0.2) is 6.10 Å². The highest BCUT2D eigenvalue weighted by atomic mass is 16.5. The first-order valence-corrected chi connectivity index (χ1v) is 11.0. The molecule has 168 valence electrons. The van der Waals surface area contributed by atoms with Crippen molar-refractivity contribution in [2.75, 3.05) is 26.3 Å². The average molecular weight is 436 g/mol. The van der Waals surface area contributed by atoms with E-state index in [4.69, 9.17) is 14.0 Å². The molecule has 2 heterocycles. The van der Waals surface area contributed by atoms with Crippen molar-refractivity contribution in [3.8, 4) is 17.1 Å². The van der Waals surface area contributed by atoms with Crippen LogP contribution in [0.4, 0.5) is 0 Å². The van der Waals surface area contributed by atoms with Gasteiger partial charge in [-0.25, -0.2) is 0 Å². The molecule has 0 saturated carbocycles. The SMILES string of the molecule is Cc1ccccc1-c1noc(C2CN(C(=O)CCCOc3cccc(C)c3C)CCO2)n1. The van der Waals surface area contributed by atoms with Gasteiger partial charge >= 0.3 is 0 Å². The van der Waals surface area contributed by atoms with Crippen LogP contribution >= 0.6 is 0 Å². The van der Waals surface area contributed by atoms with E-state index in [9.17, 15) is 4.79 Å². The third-order valence-corrected chi connectivity index (χ3v) is 5.87. The van der Waals surface area contributed by atoms with Crippen LogP contribution in [0.2, 0.25) is 0 Å². The summed E-state index contributed by atoms with van der Waals surface area (Å²) in [6, 6.07) is 13.9. The zero-order chi connectivity index (χ0) is 22.5. The topological polar surface area (TPSA) is 77.7 Å². The number of carbonyl (C=O) groups excluding carboxylic acids is 1. The number of aryl methyl sites for hydroxylation is 2. The maximum absolute atomic E-state index is 12.7. The molecule has 1 aromatic heterocycles. The zero-order valence-corrected chi connectivity index (χ0v) is 18.8. The van der Waals surface area contributed by atoms with Crippen molar-refractivity contribution >= 4 is 5.91 Å². The van der Waals surface area contributed by atoms with E-state index < -0.39 is 6.10 Å². The molecule has 1 unspecified atom stereocenters. The Morgan fingerprint density at radius 2 is 1.94 bits per heavy atom. The molecule has 1 saturated heterocycles. The van der Waals surface area contributed by atoms with E-state index in [1.807, 2.05) is 55.1 Å². The summed E-state index contributed by atoms with van der Waals surface area (Å²) in [5, 5.41) is 4.11. The summed E-state index contributed by atoms with van der Waals surface area (Å²) < 4.78 is 17.2. The van der Waals surface area contributed by atoms with Gasteiger partial charge in [0.25, 0.3) is 5.89 Å². The van der Waals surface area contributed by atoms with Crippen LogP contribution in [0.25, 0.3) is 11.4 Å². The molecule has 0 N–H and O–H groups in total. The van der Waals surface area contributed by atoms with E-state index in [1.54, 1.807) is 0 Å². The van der Waals surface area contributed by atoms with Gasteiger partial charge in [-0.05, 0) is 49.9 Å². The Bertz CT molecular complexity index is 1080. The van der Waals surface area contributed by atoms with Crippen LogP contribution < -0.4 is 4.74 Å². The lowest BCUT2D eigenvalue weighted by Gasteiger charge is -2.31. The Kier molecular flexibility index (Phi) is 6.85. The fourth-order valence-electron chi connectivity index (χ4n) is 3.77. The highest BCUT2D eigenvalue weighted by Gasteiger charge is 2.29. The molecule has 0 bridgehead atoms. The quantitative estimate of drug-likeness (QED) is 0.511. The van der Waals surface area contributed by atoms with Gasteiger partial charge in [0.2, 0.25) is 11.7 Å². The minimum absolute atomic E-state index is 0.0847. The minimum Gasteiger partial charge on any atom is -0.493 e. The van der Waals surface area contributed by atoms with Gasteiger partial charge in [0.1, 0.15) is 5.75 Å². The normalized spacial score (nSPS) is 16.2. The first kappa shape index (κ1) is 22.0. The molecule has 1 aliphatic rings. The molecule has 0 radical (unpaired) electrons. The Labute approximate surface area is 188 Å². The highest BCUT2D eigenvalue weighted by Crippen LogP contribution is 2.26. The van der Waals surface area contributed by atoms with Crippen LogP contribution in [0.5, 0.6) is 5.75 Å². The van der Waals surface area contributed by atoms with Gasteiger partial charge in [-0.2, -0.15) is 4.98 Å². The largest absolute Gasteiger partial charge is 0.493 e. The third-order valence-electron chi connectivity index (χ3n) is 5.87. The van der Waals surface area contributed by atoms with Crippen LogP contribution in [0, 0.1) is 20.8 Å². The van der Waals surface area contributed by atoms with Crippen LogP contribution in [0.3, 0.4) is 0 Å². The fourth-order valence-corrected chi connectivity index (χ4v) is 3.77. The number of carbonyl (C=O) groups is 1. The van der Waals surface area contributed by atoms with Gasteiger partial charge in [-0.15, -0.1) is 0 Å². The summed E-state index contributed by atoms with van der Waals surface area (Å²) in [6.07, 6.45) is 0.673. The van der Waals surface area contributed by atoms with Gasteiger partial charge in [-0.3, -0.25) is 4.79 Å². The van der Waals surface area contributed by atoms with Gasteiger partial charge < -0.3 is 18.9 Å². The molecule has 1 atom stereocenters. The van der Waals surface area contributed by atoms with E-state index in [1.165, 1.54) is 5.56 Å². The number of hydrogen-bond donors (Lipinski definition) is 0. The van der Waals surface area contributed by atoms with Gasteiger partial charge in [-0.1, -0.05) is 41.6 Å². The van der Waals surface area contributed by atoms with E-state index >= 15 is 0 Å². The van der Waals surface area contributed by atoms with E-state index in [-0.39, 0.29) is 5.91 Å². The molecule has 1 amide bonds. The number of hydrogen-bond acceptors (Lipinski definition) is 6. The standard InChI is InChI=1S/C25H29N3O4/c1-17-9-6-11-21(19(17)3)30-14-7-12-23(29)28-13-15-31-22(16-28)25-26-24(27-32-25)20-10-5-4-8-18(20)2/h4-6,8-11,22H,7,12-16H2,1-3H3. The maximum atomic E-state index is 12.7. The number of nitrogens with zero attached hydrogens (tertiary/aromatic N) is 3. The lowest BCUT2D eigenvalue weighted by molar-refractivity contribution is -0.140. The van der Waals surface area contributed by atoms with Crippen molar-refractivity contribution in [1.82, 2.24) is 15.0 Å². The summed E-state index contributed by atoms with van der Waals surface area (Å²) in [6.45, 7) is 8.04. The number of aromatic nitrogens is 2. The second-order valence-corrected chi connectivity index (χ2v) is 8.12. The molecule has 3 aromatic rings. The van der Waals surface area contributed by atoms with Crippen LogP contribution in [-0.4, -0.2) is 47.3 Å². The van der Waals surface area contributed by atoms with E-state index in [0.29, 0.717) is 50.9 Å². The average Bonchev–Trinajstić information content (AvgIpc) is 3.30. The lowest BCUT2D eigenvalue weighted by Crippen LogP contribution is -2.42. The predicted octanol–water partition coefficient (Wildman–Crippen LogP) is 4.42. The number of morpholine rings is 1. The summed E-state index contributed by atoms with van der Waals surface area (Å²) in [4.78, 5) is 19.1. The smallest absolute Gasteiger partial charge is 0.257 e. The first-order valence-electron chi connectivity index (χ1n) is 11.0. The molecule has 1 fully saturated rings. The molecule has 32 heavy (non-hydrogen) atoms. The van der Waals surface area contributed by atoms with E-state index in [2.05, 4.69) is 23.1 Å². The monoisotopic (exact) mass is 435 g/mol. The number of ether oxygens (including phenoxy) is 2. The van der Waals surface area contributed by atoms with Crippen molar-refractivity contribution in [2.45, 2.75) is 39.7 Å². The van der Waals surface area contributed by atoms with Crippen molar-refractivity contribution < 1.29 is 18.8 Å². The van der Waals surface area contributed by atoms with Crippen molar-refractivity contribution in [3.63, 3.8) is 0 Å². The maximum Gasteiger partial charge on any atom is 0.257 e. The molecule has 7 heteroatoms. The van der Waals surface area contributed by atoms with Crippen molar-refractivity contribution in [2.24, 2.45) is 0 Å². The Morgan fingerprint density at radius 1 is 1.12 bits per heavy atom. The van der Waals surface area contributed by atoms with Gasteiger partial charge in [0.05, 0.1) is 19.8 Å². The fraction of sp³-hybridized carbons (Fsp3) is 0.400. The molecule has 0 spiro atoms. The molecular formula is C25H29N3O4. The molecular weight excluding hydrogens is 406 g/mol. The predicted molar refractivity (Wildman–Crippen MR) is 120 cm³/mol. The van der Waals surface area contributed by atoms with Crippen LogP contribution in [0.1, 0.15) is 41.5 Å². The molecule has 1 aliphatic heterocycles. The number of amides is 1. The van der Waals surface area contributed by atoms with Crippen molar-refractivity contribution in [3.05, 3.63) is 65.0 Å². The highest BCUT2D eigenvalue weighted by molar-refractivity contribution is 5.76. The van der Waals surface area contributed by atoms with Crippen molar-refractivity contribution in [1.29, 1.82) is 0 Å². The molecule has 4 rings (SSSR count). The number of rotatable bonds is 7. The summed E-state index contributed by atoms with van der Waals surface area (Å²) >= 11 is 0. The molecule has 0 aliphatic carbocycles. The minimum atomic E-state index is -0.413. The zero-order valence-electron chi connectivity index (χ0n) is 18.8. The third kappa shape index (κ3) is 4.99. The number of benzene rings is 2. The summed E-state index contributed by atoms with van der Waals surface area (Å²) in [5.74, 6) is 1.90. The van der Waals surface area contributed by atoms with Crippen LogP contribution in [0.15, 0.2) is 47.0 Å². The summed E-state index contributed by atoms with van der Waals surface area (Å²) in [5.41, 5.74) is 4.34. The molecule has 2 aromatic carbocycles. The second-order valence-electron chi connectivity index (χ2n) is 8.12. The van der Waals surface area contributed by atoms with E-state index in [0.717, 1.165) is 22.4 Å². The Morgan fingerprint density at radius 3 is 2.78 bits per heavy atom. The first-order chi connectivity index (χ1) is 15.5.